The first kappa shape index (κ1) is 34.9. The van der Waals surface area contributed by atoms with Gasteiger partial charge in [-0.3, -0.25) is 9.80 Å². The molecule has 2 aliphatic rings. The third-order valence-corrected chi connectivity index (χ3v) is 10.5. The fourth-order valence-electron chi connectivity index (χ4n) is 7.44. The molecular formula is C40H48N6O4S. The van der Waals surface area contributed by atoms with Gasteiger partial charge in [0, 0.05) is 30.0 Å². The number of thioether (sulfide) groups is 1. The number of imidazole rings is 2. The van der Waals surface area contributed by atoms with Crippen LogP contribution in [0.1, 0.15) is 84.9 Å². The highest BCUT2D eigenvalue weighted by Crippen LogP contribution is 2.42. The van der Waals surface area contributed by atoms with Crippen LogP contribution in [-0.4, -0.2) is 78.2 Å². The maximum Gasteiger partial charge on any atom is 0.411 e. The number of amides is 2. The van der Waals surface area contributed by atoms with Crippen LogP contribution in [-0.2, 0) is 15.0 Å². The Morgan fingerprint density at radius 2 is 1.41 bits per heavy atom. The van der Waals surface area contributed by atoms with Gasteiger partial charge in [0.25, 0.3) is 0 Å². The molecule has 2 amide bonds. The Balaban J connectivity index is 1.13. The van der Waals surface area contributed by atoms with E-state index in [-0.39, 0.29) is 18.2 Å². The molecule has 0 bridgehead atoms. The van der Waals surface area contributed by atoms with Gasteiger partial charge in [0.1, 0.15) is 28.4 Å². The summed E-state index contributed by atoms with van der Waals surface area (Å²) < 4.78 is 11.5. The molecule has 7 rings (SSSR count). The van der Waals surface area contributed by atoms with Crippen LogP contribution in [0.2, 0.25) is 0 Å². The summed E-state index contributed by atoms with van der Waals surface area (Å²) in [4.78, 5) is 46.5. The van der Waals surface area contributed by atoms with Crippen molar-refractivity contribution in [2.45, 2.75) is 90.0 Å². The Morgan fingerprint density at radius 3 is 2.04 bits per heavy atom. The minimum Gasteiger partial charge on any atom is -0.444 e. The number of hydrogen-bond donors (Lipinski definition) is 2. The molecule has 5 aromatic rings. The summed E-state index contributed by atoms with van der Waals surface area (Å²) in [5, 5.41) is 4.54. The smallest absolute Gasteiger partial charge is 0.411 e. The first-order valence-electron chi connectivity index (χ1n) is 17.8. The van der Waals surface area contributed by atoms with Crippen LogP contribution in [0.25, 0.3) is 44.1 Å². The zero-order valence-corrected chi connectivity index (χ0v) is 31.4. The third kappa shape index (κ3) is 7.05. The van der Waals surface area contributed by atoms with E-state index in [1.54, 1.807) is 16.7 Å². The number of likely N-dealkylation sites (tertiary alicyclic amines) is 2. The van der Waals surface area contributed by atoms with Crippen LogP contribution in [0.4, 0.5) is 9.59 Å². The van der Waals surface area contributed by atoms with Gasteiger partial charge in [0.2, 0.25) is 0 Å². The first-order chi connectivity index (χ1) is 24.2. The van der Waals surface area contributed by atoms with Crippen molar-refractivity contribution in [2.24, 2.45) is 0 Å². The topological polar surface area (TPSA) is 116 Å². The molecule has 2 unspecified atom stereocenters. The van der Waals surface area contributed by atoms with Gasteiger partial charge in [0.05, 0.1) is 29.8 Å². The van der Waals surface area contributed by atoms with E-state index in [9.17, 15) is 9.59 Å². The average Bonchev–Trinajstić information content (AvgIpc) is 3.88. The number of aromatic nitrogens is 4. The highest BCUT2D eigenvalue weighted by molar-refractivity contribution is 7.98. The van der Waals surface area contributed by atoms with Gasteiger partial charge in [-0.15, -0.1) is 0 Å². The monoisotopic (exact) mass is 708 g/mol. The molecule has 2 N–H and O–H groups in total. The molecule has 10 nitrogen and oxygen atoms in total. The molecule has 0 spiro atoms. The van der Waals surface area contributed by atoms with Crippen LogP contribution in [0, 0.1) is 0 Å². The number of aromatic amines is 2. The van der Waals surface area contributed by atoms with E-state index in [4.69, 9.17) is 19.4 Å². The van der Waals surface area contributed by atoms with Crippen molar-refractivity contribution in [3.63, 3.8) is 0 Å². The lowest BCUT2D eigenvalue weighted by Crippen LogP contribution is -2.49. The molecule has 2 aliphatic heterocycles. The number of carbonyl (C=O) groups excluding carboxylic acids is 2. The number of carbonyl (C=O) groups is 2. The van der Waals surface area contributed by atoms with Crippen molar-refractivity contribution in [3.05, 3.63) is 72.6 Å². The Kier molecular flexibility index (Phi) is 9.06. The van der Waals surface area contributed by atoms with Crippen molar-refractivity contribution in [2.75, 3.05) is 25.1 Å². The zero-order valence-electron chi connectivity index (χ0n) is 30.6. The van der Waals surface area contributed by atoms with Crippen LogP contribution in [0.3, 0.4) is 0 Å². The molecule has 2 aromatic heterocycles. The quantitative estimate of drug-likeness (QED) is 0.169. The normalized spacial score (nSPS) is 19.7. The van der Waals surface area contributed by atoms with E-state index in [1.807, 2.05) is 58.8 Å². The summed E-state index contributed by atoms with van der Waals surface area (Å²) >= 11 is 1.71. The number of H-pyrrole nitrogens is 2. The molecule has 0 aliphatic carbocycles. The molecule has 268 valence electrons. The number of rotatable bonds is 6. The fraction of sp³-hybridized carbons (Fsp3) is 0.450. The van der Waals surface area contributed by atoms with Gasteiger partial charge in [-0.25, -0.2) is 19.6 Å². The van der Waals surface area contributed by atoms with Gasteiger partial charge in [0.15, 0.2) is 0 Å². The standard InChI is InChI=1S/C40H48N6O4S/c1-38(2,3)49-36(47)45-16-8-10-33(45)34-41-22-31(43-34)27-13-11-25-19-30-21-28(14-12-26(30)18-29(25)20-27)32-23-42-35(44-32)40(24-51-7)15-9-17-46(40)37(48)50-39(4,5)6/h11-14,18-23,33H,8-10,15-17,24H2,1-7H3,(H,41,43)(H,42,44). The van der Waals surface area contributed by atoms with Crippen LogP contribution in [0.15, 0.2) is 60.9 Å². The second kappa shape index (κ2) is 13.2. The zero-order chi connectivity index (χ0) is 36.1. The number of fused-ring (bicyclic) bond motifs is 2. The Bertz CT molecular complexity index is 2090. The van der Waals surface area contributed by atoms with E-state index in [0.717, 1.165) is 87.1 Å². The highest BCUT2D eigenvalue weighted by atomic mass is 32.2. The molecule has 11 heteroatoms. The maximum absolute atomic E-state index is 13.3. The van der Waals surface area contributed by atoms with Crippen molar-refractivity contribution >= 4 is 45.5 Å². The summed E-state index contributed by atoms with van der Waals surface area (Å²) in [7, 11) is 0. The highest BCUT2D eigenvalue weighted by Gasteiger charge is 2.48. The van der Waals surface area contributed by atoms with E-state index < -0.39 is 16.7 Å². The summed E-state index contributed by atoms with van der Waals surface area (Å²) in [5.41, 5.74) is 2.25. The van der Waals surface area contributed by atoms with Gasteiger partial charge in [-0.05, 0) is 119 Å². The lowest BCUT2D eigenvalue weighted by Gasteiger charge is -2.37. The molecule has 4 heterocycles. The molecule has 3 aromatic carbocycles. The van der Waals surface area contributed by atoms with Gasteiger partial charge in [-0.1, -0.05) is 24.3 Å². The van der Waals surface area contributed by atoms with Crippen molar-refractivity contribution in [3.8, 4) is 22.5 Å². The van der Waals surface area contributed by atoms with E-state index in [2.05, 4.69) is 64.8 Å². The van der Waals surface area contributed by atoms with Crippen LogP contribution < -0.4 is 0 Å². The van der Waals surface area contributed by atoms with Gasteiger partial charge in [-0.2, -0.15) is 11.8 Å². The Morgan fingerprint density at radius 1 is 0.804 bits per heavy atom. The third-order valence-electron chi connectivity index (χ3n) is 9.71. The SMILES string of the molecule is CSCC1(c2ncc(-c3ccc4cc5cc(-c6cnc(C7CCCN7C(=O)OC(C)(C)C)[nH]6)ccc5cc4c3)[nH]2)CCCN1C(=O)OC(C)(C)C. The van der Waals surface area contributed by atoms with Crippen molar-refractivity contribution in [1.82, 2.24) is 29.7 Å². The molecule has 2 atom stereocenters. The Labute approximate surface area is 303 Å². The predicted molar refractivity (Wildman–Crippen MR) is 204 cm³/mol. The lowest BCUT2D eigenvalue weighted by molar-refractivity contribution is 0.00938. The van der Waals surface area contributed by atoms with E-state index in [1.165, 1.54) is 0 Å². The number of ether oxygens (including phenoxy) is 2. The minimum atomic E-state index is -0.569. The largest absolute Gasteiger partial charge is 0.444 e. The molecule has 2 saturated heterocycles. The number of hydrogen-bond acceptors (Lipinski definition) is 7. The first-order valence-corrected chi connectivity index (χ1v) is 19.2. The number of benzene rings is 3. The van der Waals surface area contributed by atoms with Crippen molar-refractivity contribution in [1.29, 1.82) is 0 Å². The summed E-state index contributed by atoms with van der Waals surface area (Å²) in [5.74, 6) is 2.32. The van der Waals surface area contributed by atoms with Crippen molar-refractivity contribution < 1.29 is 19.1 Å². The van der Waals surface area contributed by atoms with Gasteiger partial charge >= 0.3 is 12.2 Å². The molecular weight excluding hydrogens is 661 g/mol. The number of nitrogens with one attached hydrogen (secondary N) is 2. The predicted octanol–water partition coefficient (Wildman–Crippen LogP) is 9.43. The maximum atomic E-state index is 13.3. The second-order valence-electron chi connectivity index (χ2n) is 15.8. The van der Waals surface area contributed by atoms with E-state index >= 15 is 0 Å². The molecule has 51 heavy (non-hydrogen) atoms. The summed E-state index contributed by atoms with van der Waals surface area (Å²) in [6, 6.07) is 17.2. The Hall–Kier alpha value is -4.51. The lowest BCUT2D eigenvalue weighted by atomic mass is 9.97. The fourth-order valence-corrected chi connectivity index (χ4v) is 8.36. The van der Waals surface area contributed by atoms with E-state index in [0.29, 0.717) is 13.1 Å². The molecule has 0 saturated carbocycles. The molecule has 0 radical (unpaired) electrons. The average molecular weight is 709 g/mol. The van der Waals surface area contributed by atoms with Crippen LogP contribution >= 0.6 is 11.8 Å². The van der Waals surface area contributed by atoms with Crippen LogP contribution in [0.5, 0.6) is 0 Å². The summed E-state index contributed by atoms with van der Waals surface area (Å²) in [6.45, 7) is 12.7. The summed E-state index contributed by atoms with van der Waals surface area (Å²) in [6.07, 6.45) is 8.71. The minimum absolute atomic E-state index is 0.128. The van der Waals surface area contributed by atoms with Gasteiger partial charge < -0.3 is 19.4 Å². The number of nitrogens with zero attached hydrogens (tertiary/aromatic N) is 4. The molecule has 2 fully saturated rings. The second-order valence-corrected chi connectivity index (χ2v) is 16.7.